The Morgan fingerprint density at radius 2 is 2.06 bits per heavy atom. The summed E-state index contributed by atoms with van der Waals surface area (Å²) in [6.07, 6.45) is 0. The highest BCUT2D eigenvalue weighted by Gasteiger charge is 2.14. The van der Waals surface area contributed by atoms with Gasteiger partial charge in [0.2, 0.25) is 0 Å². The van der Waals surface area contributed by atoms with Gasteiger partial charge in [0.1, 0.15) is 12.4 Å². The summed E-state index contributed by atoms with van der Waals surface area (Å²) in [4.78, 5) is 0. The number of methoxy groups -OCH3 is 1. The van der Waals surface area contributed by atoms with Gasteiger partial charge in [0.05, 0.1) is 19.3 Å². The number of hydrazine groups is 1. The minimum Gasteiger partial charge on any atom is -0.491 e. The average Bonchev–Trinajstić information content (AvgIpc) is 2.41. The van der Waals surface area contributed by atoms with Gasteiger partial charge >= 0.3 is 0 Å². The lowest BCUT2D eigenvalue weighted by Gasteiger charge is -2.19. The highest BCUT2D eigenvalue weighted by molar-refractivity contribution is 5.36. The van der Waals surface area contributed by atoms with Crippen molar-refractivity contribution in [3.63, 3.8) is 0 Å². The molecule has 0 aliphatic heterocycles. The Labute approximate surface area is 108 Å². The van der Waals surface area contributed by atoms with Crippen LogP contribution in [0.4, 0.5) is 0 Å². The second kappa shape index (κ2) is 8.88. The van der Waals surface area contributed by atoms with Crippen molar-refractivity contribution < 1.29 is 14.2 Å². The normalized spacial score (nSPS) is 12.4. The number of nitrogens with one attached hydrogen (secondary N) is 1. The first kappa shape index (κ1) is 14.9. The summed E-state index contributed by atoms with van der Waals surface area (Å²) in [5.41, 5.74) is 3.74. The summed E-state index contributed by atoms with van der Waals surface area (Å²) < 4.78 is 16.0. The standard InChI is InChI=1S/C13H22N2O3/c1-3-17-10-12(15-14)11-6-4-5-7-13(11)18-9-8-16-2/h4-7,12,15H,3,8-10,14H2,1-2H3. The van der Waals surface area contributed by atoms with Crippen molar-refractivity contribution in [2.45, 2.75) is 13.0 Å². The minimum absolute atomic E-state index is 0.0799. The topological polar surface area (TPSA) is 65.7 Å². The van der Waals surface area contributed by atoms with E-state index in [1.54, 1.807) is 7.11 Å². The fourth-order valence-corrected chi connectivity index (χ4v) is 1.60. The molecule has 0 bridgehead atoms. The van der Waals surface area contributed by atoms with Crippen LogP contribution >= 0.6 is 0 Å². The zero-order chi connectivity index (χ0) is 13.2. The van der Waals surface area contributed by atoms with Crippen molar-refractivity contribution in [2.24, 2.45) is 5.84 Å². The summed E-state index contributed by atoms with van der Waals surface area (Å²) in [5.74, 6) is 6.36. The molecule has 1 atom stereocenters. The van der Waals surface area contributed by atoms with Crippen molar-refractivity contribution in [1.29, 1.82) is 0 Å². The van der Waals surface area contributed by atoms with Crippen LogP contribution in [0.1, 0.15) is 18.5 Å². The number of para-hydroxylation sites is 1. The Kier molecular flexibility index (Phi) is 7.36. The number of hydrogen-bond donors (Lipinski definition) is 2. The largest absolute Gasteiger partial charge is 0.491 e. The van der Waals surface area contributed by atoms with Crippen LogP contribution in [0.3, 0.4) is 0 Å². The zero-order valence-corrected chi connectivity index (χ0v) is 11.0. The second-order valence-electron chi connectivity index (χ2n) is 3.76. The summed E-state index contributed by atoms with van der Waals surface area (Å²) in [6, 6.07) is 7.70. The molecular weight excluding hydrogens is 232 g/mol. The van der Waals surface area contributed by atoms with Crippen molar-refractivity contribution in [1.82, 2.24) is 5.43 Å². The Bertz CT molecular complexity index is 334. The highest BCUT2D eigenvalue weighted by Crippen LogP contribution is 2.24. The summed E-state index contributed by atoms with van der Waals surface area (Å²) >= 11 is 0. The first-order chi connectivity index (χ1) is 8.83. The molecule has 0 aromatic heterocycles. The van der Waals surface area contributed by atoms with Crippen LogP contribution in [-0.4, -0.2) is 33.5 Å². The first-order valence-corrected chi connectivity index (χ1v) is 6.08. The number of rotatable bonds is 9. The van der Waals surface area contributed by atoms with Gasteiger partial charge in [-0.1, -0.05) is 18.2 Å². The van der Waals surface area contributed by atoms with Crippen LogP contribution in [0.2, 0.25) is 0 Å². The van der Waals surface area contributed by atoms with E-state index in [0.717, 1.165) is 11.3 Å². The third-order valence-corrected chi connectivity index (χ3v) is 2.53. The fourth-order valence-electron chi connectivity index (χ4n) is 1.60. The highest BCUT2D eigenvalue weighted by atomic mass is 16.5. The molecule has 0 saturated carbocycles. The van der Waals surface area contributed by atoms with Crippen LogP contribution in [0.5, 0.6) is 5.75 Å². The molecule has 1 rings (SSSR count). The van der Waals surface area contributed by atoms with E-state index in [4.69, 9.17) is 20.1 Å². The van der Waals surface area contributed by atoms with E-state index in [0.29, 0.717) is 26.4 Å². The van der Waals surface area contributed by atoms with Gasteiger partial charge in [0.25, 0.3) is 0 Å². The lowest BCUT2D eigenvalue weighted by Crippen LogP contribution is -2.31. The predicted octanol–water partition coefficient (Wildman–Crippen LogP) is 1.25. The Morgan fingerprint density at radius 3 is 2.72 bits per heavy atom. The molecular formula is C13H22N2O3. The Balaban J connectivity index is 2.71. The maximum absolute atomic E-state index is 5.66. The van der Waals surface area contributed by atoms with Crippen molar-refractivity contribution in [2.75, 3.05) is 33.5 Å². The average molecular weight is 254 g/mol. The van der Waals surface area contributed by atoms with Crippen LogP contribution < -0.4 is 16.0 Å². The number of hydrogen-bond acceptors (Lipinski definition) is 5. The number of benzene rings is 1. The van der Waals surface area contributed by atoms with E-state index in [9.17, 15) is 0 Å². The molecule has 1 aromatic rings. The van der Waals surface area contributed by atoms with E-state index in [2.05, 4.69) is 5.43 Å². The first-order valence-electron chi connectivity index (χ1n) is 6.08. The molecule has 0 amide bonds. The Morgan fingerprint density at radius 1 is 1.28 bits per heavy atom. The molecule has 1 aromatic carbocycles. The van der Waals surface area contributed by atoms with E-state index >= 15 is 0 Å². The predicted molar refractivity (Wildman–Crippen MR) is 70.4 cm³/mol. The summed E-state index contributed by atoms with van der Waals surface area (Å²) in [5, 5.41) is 0. The van der Waals surface area contributed by atoms with E-state index in [1.165, 1.54) is 0 Å². The van der Waals surface area contributed by atoms with Crippen LogP contribution in [-0.2, 0) is 9.47 Å². The maximum Gasteiger partial charge on any atom is 0.124 e. The molecule has 0 radical (unpaired) electrons. The van der Waals surface area contributed by atoms with Crippen molar-refractivity contribution >= 4 is 0 Å². The van der Waals surface area contributed by atoms with E-state index in [1.807, 2.05) is 31.2 Å². The molecule has 0 heterocycles. The summed E-state index contributed by atoms with van der Waals surface area (Å²) in [6.45, 7) is 4.19. The molecule has 5 heteroatoms. The van der Waals surface area contributed by atoms with Gasteiger partial charge in [-0.05, 0) is 13.0 Å². The molecule has 0 aliphatic carbocycles. The van der Waals surface area contributed by atoms with Crippen LogP contribution in [0, 0.1) is 0 Å². The molecule has 1 unspecified atom stereocenters. The van der Waals surface area contributed by atoms with Gasteiger partial charge in [-0.3, -0.25) is 11.3 Å². The van der Waals surface area contributed by atoms with Gasteiger partial charge in [-0.25, -0.2) is 0 Å². The van der Waals surface area contributed by atoms with Crippen molar-refractivity contribution in [3.05, 3.63) is 29.8 Å². The van der Waals surface area contributed by atoms with E-state index < -0.39 is 0 Å². The monoisotopic (exact) mass is 254 g/mol. The van der Waals surface area contributed by atoms with Crippen molar-refractivity contribution in [3.8, 4) is 5.75 Å². The number of ether oxygens (including phenoxy) is 3. The molecule has 5 nitrogen and oxygen atoms in total. The minimum atomic E-state index is -0.0799. The lowest BCUT2D eigenvalue weighted by atomic mass is 10.1. The lowest BCUT2D eigenvalue weighted by molar-refractivity contribution is 0.119. The van der Waals surface area contributed by atoms with Gasteiger partial charge in [0, 0.05) is 19.3 Å². The quantitative estimate of drug-likeness (QED) is 0.394. The van der Waals surface area contributed by atoms with E-state index in [-0.39, 0.29) is 6.04 Å². The molecule has 0 saturated heterocycles. The van der Waals surface area contributed by atoms with Gasteiger partial charge < -0.3 is 14.2 Å². The maximum atomic E-state index is 5.66. The molecule has 0 spiro atoms. The molecule has 3 N–H and O–H groups in total. The Hall–Kier alpha value is -1.14. The second-order valence-corrected chi connectivity index (χ2v) is 3.76. The molecule has 102 valence electrons. The van der Waals surface area contributed by atoms with Crippen LogP contribution in [0.15, 0.2) is 24.3 Å². The van der Waals surface area contributed by atoms with Gasteiger partial charge in [0.15, 0.2) is 0 Å². The zero-order valence-electron chi connectivity index (χ0n) is 11.0. The summed E-state index contributed by atoms with van der Waals surface area (Å²) in [7, 11) is 1.65. The van der Waals surface area contributed by atoms with Crippen LogP contribution in [0.25, 0.3) is 0 Å². The SMILES string of the molecule is CCOCC(NN)c1ccccc1OCCOC. The van der Waals surface area contributed by atoms with Gasteiger partial charge in [-0.2, -0.15) is 0 Å². The third-order valence-electron chi connectivity index (χ3n) is 2.53. The molecule has 0 aliphatic rings. The molecule has 0 fully saturated rings. The fraction of sp³-hybridized carbons (Fsp3) is 0.538. The smallest absolute Gasteiger partial charge is 0.124 e. The number of nitrogens with two attached hydrogens (primary N) is 1. The molecule has 18 heavy (non-hydrogen) atoms. The van der Waals surface area contributed by atoms with Gasteiger partial charge in [-0.15, -0.1) is 0 Å². The third kappa shape index (κ3) is 4.62.